The average Bonchev–Trinajstić information content (AvgIpc) is 2.87. The first kappa shape index (κ1) is 8.97. The third-order valence-corrected chi connectivity index (χ3v) is 2.67. The molecule has 1 amide bonds. The molecule has 0 radical (unpaired) electrons. The van der Waals surface area contributed by atoms with Gasteiger partial charge in [-0.25, -0.2) is 0 Å². The fourth-order valence-electron chi connectivity index (χ4n) is 1.67. The van der Waals surface area contributed by atoms with Crippen molar-refractivity contribution in [2.75, 3.05) is 13.1 Å². The van der Waals surface area contributed by atoms with Crippen molar-refractivity contribution >= 4 is 5.91 Å². The van der Waals surface area contributed by atoms with E-state index in [4.69, 9.17) is 0 Å². The fraction of sp³-hybridized carbons (Fsp3) is 0.889. The van der Waals surface area contributed by atoms with Crippen LogP contribution in [0.3, 0.4) is 0 Å². The molecule has 3 N–H and O–H groups in total. The minimum atomic E-state index is -0.233. The van der Waals surface area contributed by atoms with E-state index in [0.29, 0.717) is 13.1 Å². The SMILES string of the molecule is O=C(NC[C@@H]1C[C@@H](O)CN1)C1CC1. The van der Waals surface area contributed by atoms with E-state index < -0.39 is 0 Å². The summed E-state index contributed by atoms with van der Waals surface area (Å²) < 4.78 is 0. The number of hydrogen-bond donors (Lipinski definition) is 3. The van der Waals surface area contributed by atoms with E-state index in [1.54, 1.807) is 0 Å². The first-order chi connectivity index (χ1) is 6.25. The highest BCUT2D eigenvalue weighted by Gasteiger charge is 2.30. The normalized spacial score (nSPS) is 33.3. The van der Waals surface area contributed by atoms with Gasteiger partial charge in [-0.15, -0.1) is 0 Å². The van der Waals surface area contributed by atoms with Gasteiger partial charge in [-0.1, -0.05) is 0 Å². The molecule has 2 fully saturated rings. The Morgan fingerprint density at radius 1 is 1.54 bits per heavy atom. The summed E-state index contributed by atoms with van der Waals surface area (Å²) in [5.41, 5.74) is 0. The first-order valence-electron chi connectivity index (χ1n) is 4.95. The van der Waals surface area contributed by atoms with Gasteiger partial charge in [0.1, 0.15) is 0 Å². The molecule has 4 nitrogen and oxygen atoms in total. The topological polar surface area (TPSA) is 61.4 Å². The number of amides is 1. The lowest BCUT2D eigenvalue weighted by Gasteiger charge is -2.10. The van der Waals surface area contributed by atoms with Crippen LogP contribution >= 0.6 is 0 Å². The molecule has 0 spiro atoms. The quantitative estimate of drug-likeness (QED) is 0.540. The van der Waals surface area contributed by atoms with Crippen LogP contribution in [-0.4, -0.2) is 36.2 Å². The van der Waals surface area contributed by atoms with Crippen molar-refractivity contribution < 1.29 is 9.90 Å². The van der Waals surface area contributed by atoms with Crippen molar-refractivity contribution in [1.29, 1.82) is 0 Å². The number of carbonyl (C=O) groups is 1. The maximum Gasteiger partial charge on any atom is 0.223 e. The predicted octanol–water partition coefficient (Wildman–Crippen LogP) is -0.765. The molecule has 1 heterocycles. The standard InChI is InChI=1S/C9H16N2O2/c12-8-3-7(10-5-8)4-11-9(13)6-1-2-6/h6-8,10,12H,1-5H2,(H,11,13)/t7-,8+/m0/s1. The number of rotatable bonds is 3. The molecule has 1 saturated carbocycles. The van der Waals surface area contributed by atoms with Gasteiger partial charge >= 0.3 is 0 Å². The Morgan fingerprint density at radius 2 is 2.31 bits per heavy atom. The summed E-state index contributed by atoms with van der Waals surface area (Å²) in [4.78, 5) is 11.2. The van der Waals surface area contributed by atoms with Crippen molar-refractivity contribution in [3.8, 4) is 0 Å². The van der Waals surface area contributed by atoms with Gasteiger partial charge in [-0.2, -0.15) is 0 Å². The molecule has 0 aromatic heterocycles. The molecule has 0 unspecified atom stereocenters. The van der Waals surface area contributed by atoms with Crippen molar-refractivity contribution in [2.24, 2.45) is 5.92 Å². The summed E-state index contributed by atoms with van der Waals surface area (Å²) in [7, 11) is 0. The molecule has 74 valence electrons. The molecule has 0 bridgehead atoms. The van der Waals surface area contributed by atoms with Crippen molar-refractivity contribution in [3.05, 3.63) is 0 Å². The highest BCUT2D eigenvalue weighted by atomic mass is 16.3. The first-order valence-corrected chi connectivity index (χ1v) is 4.95. The fourth-order valence-corrected chi connectivity index (χ4v) is 1.67. The Bertz CT molecular complexity index is 204. The van der Waals surface area contributed by atoms with E-state index in [-0.39, 0.29) is 24.0 Å². The molecule has 0 aromatic carbocycles. The zero-order valence-corrected chi connectivity index (χ0v) is 7.62. The molecule has 2 atom stereocenters. The number of aliphatic hydroxyl groups is 1. The van der Waals surface area contributed by atoms with Gasteiger partial charge in [-0.3, -0.25) is 4.79 Å². The maximum atomic E-state index is 11.2. The molecule has 2 aliphatic rings. The third kappa shape index (κ3) is 2.42. The third-order valence-electron chi connectivity index (χ3n) is 2.67. The van der Waals surface area contributed by atoms with E-state index in [9.17, 15) is 9.90 Å². The minimum Gasteiger partial charge on any atom is -0.392 e. The molecule has 1 aliphatic carbocycles. The van der Waals surface area contributed by atoms with Crippen molar-refractivity contribution in [2.45, 2.75) is 31.4 Å². The highest BCUT2D eigenvalue weighted by molar-refractivity contribution is 5.80. The van der Waals surface area contributed by atoms with Gasteiger partial charge in [0.2, 0.25) is 5.91 Å². The van der Waals surface area contributed by atoms with Gasteiger partial charge in [0.05, 0.1) is 6.10 Å². The molecule has 0 aromatic rings. The van der Waals surface area contributed by atoms with Crippen LogP contribution in [0.4, 0.5) is 0 Å². The molecule has 1 aliphatic heterocycles. The zero-order chi connectivity index (χ0) is 9.26. The maximum absolute atomic E-state index is 11.2. The second-order valence-corrected chi connectivity index (χ2v) is 4.01. The second-order valence-electron chi connectivity index (χ2n) is 4.01. The van der Waals surface area contributed by atoms with Crippen LogP contribution in [0.5, 0.6) is 0 Å². The van der Waals surface area contributed by atoms with Crippen molar-refractivity contribution in [3.63, 3.8) is 0 Å². The van der Waals surface area contributed by atoms with Crippen LogP contribution in [-0.2, 0) is 4.79 Å². The molecule has 2 rings (SSSR count). The Hall–Kier alpha value is -0.610. The van der Waals surface area contributed by atoms with E-state index in [0.717, 1.165) is 19.3 Å². The highest BCUT2D eigenvalue weighted by Crippen LogP contribution is 2.28. The molecular formula is C9H16N2O2. The monoisotopic (exact) mass is 184 g/mol. The molecule has 1 saturated heterocycles. The van der Waals surface area contributed by atoms with Gasteiger partial charge < -0.3 is 15.7 Å². The summed E-state index contributed by atoms with van der Waals surface area (Å²) in [5, 5.41) is 15.3. The number of nitrogens with one attached hydrogen (secondary N) is 2. The van der Waals surface area contributed by atoms with E-state index in [2.05, 4.69) is 10.6 Å². The van der Waals surface area contributed by atoms with Gasteiger partial charge in [0.15, 0.2) is 0 Å². The van der Waals surface area contributed by atoms with Gasteiger partial charge in [0, 0.05) is 25.0 Å². The van der Waals surface area contributed by atoms with Crippen LogP contribution in [0.1, 0.15) is 19.3 Å². The lowest BCUT2D eigenvalue weighted by atomic mass is 10.2. The molecule has 4 heteroatoms. The van der Waals surface area contributed by atoms with Crippen LogP contribution in [0.25, 0.3) is 0 Å². The molecule has 13 heavy (non-hydrogen) atoms. The summed E-state index contributed by atoms with van der Waals surface area (Å²) in [5.74, 6) is 0.467. The summed E-state index contributed by atoms with van der Waals surface area (Å²) in [6.45, 7) is 1.32. The Labute approximate surface area is 77.7 Å². The Kier molecular flexibility index (Phi) is 2.51. The minimum absolute atomic E-state index is 0.184. The summed E-state index contributed by atoms with van der Waals surface area (Å²) in [6.07, 6.45) is 2.62. The summed E-state index contributed by atoms with van der Waals surface area (Å²) in [6, 6.07) is 0.262. The van der Waals surface area contributed by atoms with E-state index in [1.165, 1.54) is 0 Å². The van der Waals surface area contributed by atoms with Crippen LogP contribution in [0.15, 0.2) is 0 Å². The van der Waals surface area contributed by atoms with E-state index in [1.807, 2.05) is 0 Å². The van der Waals surface area contributed by atoms with Crippen LogP contribution in [0, 0.1) is 5.92 Å². The van der Waals surface area contributed by atoms with E-state index >= 15 is 0 Å². The largest absolute Gasteiger partial charge is 0.392 e. The van der Waals surface area contributed by atoms with Gasteiger partial charge in [-0.05, 0) is 19.3 Å². The lowest BCUT2D eigenvalue weighted by molar-refractivity contribution is -0.122. The summed E-state index contributed by atoms with van der Waals surface area (Å²) >= 11 is 0. The Balaban J connectivity index is 1.64. The zero-order valence-electron chi connectivity index (χ0n) is 7.62. The van der Waals surface area contributed by atoms with Crippen LogP contribution in [0.2, 0.25) is 0 Å². The number of aliphatic hydroxyl groups excluding tert-OH is 1. The van der Waals surface area contributed by atoms with Gasteiger partial charge in [0.25, 0.3) is 0 Å². The number of β-amino-alcohol motifs (C(OH)–C–C–N with tert-alkyl or cyclic N) is 1. The smallest absolute Gasteiger partial charge is 0.223 e. The lowest BCUT2D eigenvalue weighted by Crippen LogP contribution is -2.37. The Morgan fingerprint density at radius 3 is 2.85 bits per heavy atom. The average molecular weight is 184 g/mol. The second kappa shape index (κ2) is 3.64. The predicted molar refractivity (Wildman–Crippen MR) is 48.1 cm³/mol. The number of carbonyl (C=O) groups excluding carboxylic acids is 1. The molecular weight excluding hydrogens is 168 g/mol. The van der Waals surface area contributed by atoms with Crippen molar-refractivity contribution in [1.82, 2.24) is 10.6 Å². The van der Waals surface area contributed by atoms with Crippen LogP contribution < -0.4 is 10.6 Å². The number of hydrogen-bond acceptors (Lipinski definition) is 3.